The SMILES string of the molecule is CCCOc1cc(CO)cc2c1OC(C(C)C)C(=O)N2C. The Kier molecular flexibility index (Phi) is 4.73. The first-order valence-corrected chi connectivity index (χ1v) is 7.34. The second-order valence-corrected chi connectivity index (χ2v) is 5.63. The number of aliphatic hydroxyl groups is 1. The van der Waals surface area contributed by atoms with Gasteiger partial charge >= 0.3 is 0 Å². The molecule has 1 aliphatic rings. The van der Waals surface area contributed by atoms with Gasteiger partial charge in [0, 0.05) is 7.05 Å². The lowest BCUT2D eigenvalue weighted by Crippen LogP contribution is -2.46. The molecular weight excluding hydrogens is 270 g/mol. The average Bonchev–Trinajstić information content (AvgIpc) is 2.47. The normalized spacial score (nSPS) is 17.7. The number of amides is 1. The number of carbonyl (C=O) groups excluding carboxylic acids is 1. The predicted molar refractivity (Wildman–Crippen MR) is 80.8 cm³/mol. The first kappa shape index (κ1) is 15.6. The summed E-state index contributed by atoms with van der Waals surface area (Å²) in [5.74, 6) is 1.17. The van der Waals surface area contributed by atoms with Crippen LogP contribution in [0.3, 0.4) is 0 Å². The van der Waals surface area contributed by atoms with Gasteiger partial charge in [0.1, 0.15) is 0 Å². The third-order valence-electron chi connectivity index (χ3n) is 3.52. The lowest BCUT2D eigenvalue weighted by atomic mass is 10.0. The number of hydrogen-bond donors (Lipinski definition) is 1. The lowest BCUT2D eigenvalue weighted by Gasteiger charge is -2.35. The average molecular weight is 293 g/mol. The van der Waals surface area contributed by atoms with Crippen LogP contribution in [0.1, 0.15) is 32.8 Å². The molecule has 5 heteroatoms. The van der Waals surface area contributed by atoms with Crippen molar-refractivity contribution in [3.63, 3.8) is 0 Å². The van der Waals surface area contributed by atoms with Gasteiger partial charge in [-0.3, -0.25) is 4.79 Å². The van der Waals surface area contributed by atoms with Gasteiger partial charge in [-0.2, -0.15) is 0 Å². The Labute approximate surface area is 125 Å². The fourth-order valence-electron chi connectivity index (χ4n) is 2.33. The summed E-state index contributed by atoms with van der Waals surface area (Å²) in [6, 6.07) is 3.54. The van der Waals surface area contributed by atoms with Crippen LogP contribution in [-0.4, -0.2) is 30.8 Å². The van der Waals surface area contributed by atoms with Crippen molar-refractivity contribution in [2.75, 3.05) is 18.6 Å². The van der Waals surface area contributed by atoms with E-state index in [1.807, 2.05) is 20.8 Å². The molecule has 1 aromatic rings. The van der Waals surface area contributed by atoms with Crippen LogP contribution in [0, 0.1) is 5.92 Å². The highest BCUT2D eigenvalue weighted by molar-refractivity contribution is 6.00. The van der Waals surface area contributed by atoms with E-state index in [1.54, 1.807) is 24.1 Å². The van der Waals surface area contributed by atoms with Crippen LogP contribution < -0.4 is 14.4 Å². The van der Waals surface area contributed by atoms with Gasteiger partial charge in [0.15, 0.2) is 17.6 Å². The molecule has 5 nitrogen and oxygen atoms in total. The van der Waals surface area contributed by atoms with Gasteiger partial charge in [-0.25, -0.2) is 0 Å². The Morgan fingerprint density at radius 3 is 2.71 bits per heavy atom. The van der Waals surface area contributed by atoms with Gasteiger partial charge in [0.25, 0.3) is 5.91 Å². The molecule has 0 radical (unpaired) electrons. The number of anilines is 1. The van der Waals surface area contributed by atoms with Crippen LogP contribution in [-0.2, 0) is 11.4 Å². The third kappa shape index (κ3) is 2.97. The number of benzene rings is 1. The summed E-state index contributed by atoms with van der Waals surface area (Å²) in [7, 11) is 1.73. The van der Waals surface area contributed by atoms with E-state index < -0.39 is 6.10 Å². The van der Waals surface area contributed by atoms with Crippen molar-refractivity contribution in [2.24, 2.45) is 5.92 Å². The molecule has 1 aromatic carbocycles. The molecule has 0 aliphatic carbocycles. The molecule has 0 bridgehead atoms. The smallest absolute Gasteiger partial charge is 0.268 e. The topological polar surface area (TPSA) is 59.0 Å². The Balaban J connectivity index is 2.48. The van der Waals surface area contributed by atoms with Crippen LogP contribution in [0.4, 0.5) is 5.69 Å². The molecule has 0 spiro atoms. The Bertz CT molecular complexity index is 527. The Morgan fingerprint density at radius 2 is 2.14 bits per heavy atom. The van der Waals surface area contributed by atoms with Gasteiger partial charge in [-0.15, -0.1) is 0 Å². The zero-order valence-corrected chi connectivity index (χ0v) is 13.0. The summed E-state index contributed by atoms with van der Waals surface area (Å²) in [4.78, 5) is 13.9. The number of fused-ring (bicyclic) bond motifs is 1. The molecule has 0 saturated carbocycles. The first-order valence-electron chi connectivity index (χ1n) is 7.34. The highest BCUT2D eigenvalue weighted by Crippen LogP contribution is 2.43. The molecule has 2 rings (SSSR count). The number of carbonyl (C=O) groups is 1. The van der Waals surface area contributed by atoms with Gasteiger partial charge in [-0.05, 0) is 30.0 Å². The van der Waals surface area contributed by atoms with E-state index in [1.165, 1.54) is 0 Å². The number of nitrogens with zero attached hydrogens (tertiary/aromatic N) is 1. The standard InChI is InChI=1S/C16H23NO4/c1-5-6-20-13-8-11(9-18)7-12-15(13)21-14(10(2)3)16(19)17(12)4/h7-8,10,14,18H,5-6,9H2,1-4H3. The molecule has 1 atom stereocenters. The summed E-state index contributed by atoms with van der Waals surface area (Å²) in [5, 5.41) is 9.38. The Morgan fingerprint density at radius 1 is 1.43 bits per heavy atom. The monoisotopic (exact) mass is 293 g/mol. The largest absolute Gasteiger partial charge is 0.490 e. The number of likely N-dealkylation sites (N-methyl/N-ethyl adjacent to an activating group) is 1. The van der Waals surface area contributed by atoms with Gasteiger partial charge < -0.3 is 19.5 Å². The molecule has 1 unspecified atom stereocenters. The van der Waals surface area contributed by atoms with Crippen molar-refractivity contribution in [2.45, 2.75) is 39.9 Å². The molecule has 1 heterocycles. The highest BCUT2D eigenvalue weighted by Gasteiger charge is 2.36. The summed E-state index contributed by atoms with van der Waals surface area (Å²) in [5.41, 5.74) is 1.35. The third-order valence-corrected chi connectivity index (χ3v) is 3.52. The fourth-order valence-corrected chi connectivity index (χ4v) is 2.33. The summed E-state index contributed by atoms with van der Waals surface area (Å²) in [6.07, 6.45) is 0.368. The van der Waals surface area contributed by atoms with E-state index in [9.17, 15) is 9.90 Å². The predicted octanol–water partition coefficient (Wildman–Crippen LogP) is 2.35. The second kappa shape index (κ2) is 6.35. The molecule has 0 saturated heterocycles. The highest BCUT2D eigenvalue weighted by atomic mass is 16.5. The number of hydrogen-bond acceptors (Lipinski definition) is 4. The zero-order chi connectivity index (χ0) is 15.6. The lowest BCUT2D eigenvalue weighted by molar-refractivity contribution is -0.127. The van der Waals surface area contributed by atoms with Crippen molar-refractivity contribution in [1.29, 1.82) is 0 Å². The Hall–Kier alpha value is -1.75. The molecule has 0 fully saturated rings. The van der Waals surface area contributed by atoms with E-state index >= 15 is 0 Å². The molecule has 1 N–H and O–H groups in total. The van der Waals surface area contributed by atoms with E-state index in [4.69, 9.17) is 9.47 Å². The van der Waals surface area contributed by atoms with Crippen LogP contribution in [0.25, 0.3) is 0 Å². The van der Waals surface area contributed by atoms with Crippen molar-refractivity contribution in [1.82, 2.24) is 0 Å². The fraction of sp³-hybridized carbons (Fsp3) is 0.562. The minimum atomic E-state index is -0.508. The number of rotatable bonds is 5. The van der Waals surface area contributed by atoms with E-state index in [2.05, 4.69) is 0 Å². The van der Waals surface area contributed by atoms with Crippen LogP contribution >= 0.6 is 0 Å². The summed E-state index contributed by atoms with van der Waals surface area (Å²) in [6.45, 7) is 6.39. The van der Waals surface area contributed by atoms with Crippen molar-refractivity contribution in [3.05, 3.63) is 17.7 Å². The number of aliphatic hydroxyl groups excluding tert-OH is 1. The van der Waals surface area contributed by atoms with Crippen molar-refractivity contribution < 1.29 is 19.4 Å². The summed E-state index contributed by atoms with van der Waals surface area (Å²) >= 11 is 0. The molecule has 1 amide bonds. The second-order valence-electron chi connectivity index (χ2n) is 5.63. The maximum absolute atomic E-state index is 12.4. The maximum Gasteiger partial charge on any atom is 0.268 e. The molecule has 21 heavy (non-hydrogen) atoms. The van der Waals surface area contributed by atoms with Crippen LogP contribution in [0.2, 0.25) is 0 Å². The van der Waals surface area contributed by atoms with Crippen LogP contribution in [0.5, 0.6) is 11.5 Å². The van der Waals surface area contributed by atoms with Crippen molar-refractivity contribution >= 4 is 11.6 Å². The molecule has 116 valence electrons. The first-order chi connectivity index (χ1) is 9.99. The summed E-state index contributed by atoms with van der Waals surface area (Å²) < 4.78 is 11.6. The maximum atomic E-state index is 12.4. The minimum absolute atomic E-state index is 0.0737. The zero-order valence-electron chi connectivity index (χ0n) is 13.0. The van der Waals surface area contributed by atoms with Gasteiger partial charge in [0.05, 0.1) is 18.9 Å². The quantitative estimate of drug-likeness (QED) is 0.905. The number of ether oxygens (including phenoxy) is 2. The van der Waals surface area contributed by atoms with E-state index in [-0.39, 0.29) is 18.4 Å². The van der Waals surface area contributed by atoms with Gasteiger partial charge in [-0.1, -0.05) is 20.8 Å². The minimum Gasteiger partial charge on any atom is -0.490 e. The van der Waals surface area contributed by atoms with E-state index in [0.717, 1.165) is 6.42 Å². The van der Waals surface area contributed by atoms with Crippen molar-refractivity contribution in [3.8, 4) is 11.5 Å². The van der Waals surface area contributed by atoms with E-state index in [0.29, 0.717) is 29.4 Å². The molecular formula is C16H23NO4. The molecule has 0 aromatic heterocycles. The van der Waals surface area contributed by atoms with Crippen LogP contribution in [0.15, 0.2) is 12.1 Å². The van der Waals surface area contributed by atoms with Gasteiger partial charge in [0.2, 0.25) is 0 Å². The molecule has 1 aliphatic heterocycles.